The van der Waals surface area contributed by atoms with Crippen LogP contribution >= 0.6 is 0 Å². The minimum absolute atomic E-state index is 0.00408. The third-order valence-electron chi connectivity index (χ3n) is 2.89. The zero-order chi connectivity index (χ0) is 16.5. The Bertz CT molecular complexity index is 635. The van der Waals surface area contributed by atoms with Gasteiger partial charge in [0, 0.05) is 11.3 Å². The molecule has 22 heavy (non-hydrogen) atoms. The Kier molecular flexibility index (Phi) is 4.16. The van der Waals surface area contributed by atoms with Crippen LogP contribution in [0.5, 0.6) is 0 Å². The van der Waals surface area contributed by atoms with Crippen molar-refractivity contribution >= 4 is 23.7 Å². The number of hydrogen-bond donors (Lipinski definition) is 1. The van der Waals surface area contributed by atoms with Crippen molar-refractivity contribution < 1.29 is 28.2 Å². The average Bonchev–Trinajstić information content (AvgIpc) is 2.68. The van der Waals surface area contributed by atoms with E-state index < -0.39 is 35.4 Å². The van der Waals surface area contributed by atoms with Crippen LogP contribution in [0.4, 0.5) is 14.9 Å². The van der Waals surface area contributed by atoms with E-state index in [1.165, 1.54) is 12.1 Å². The van der Waals surface area contributed by atoms with Gasteiger partial charge in [-0.05, 0) is 39.0 Å². The number of ether oxygens (including phenoxy) is 2. The van der Waals surface area contributed by atoms with Gasteiger partial charge in [0.05, 0.1) is 12.3 Å². The molecule has 1 saturated heterocycles. The van der Waals surface area contributed by atoms with Gasteiger partial charge in [0.1, 0.15) is 11.4 Å². The first kappa shape index (κ1) is 15.9. The Morgan fingerprint density at radius 1 is 1.36 bits per heavy atom. The summed E-state index contributed by atoms with van der Waals surface area (Å²) in [6.45, 7) is 5.13. The molecule has 1 atom stereocenters. The molecule has 1 amide bonds. The van der Waals surface area contributed by atoms with Gasteiger partial charge < -0.3 is 9.47 Å². The highest BCUT2D eigenvalue weighted by atomic mass is 19.1. The van der Waals surface area contributed by atoms with Crippen LogP contribution in [-0.2, 0) is 19.1 Å². The average molecular weight is 309 g/mol. The normalized spacial score (nSPS) is 18.1. The number of cyclic esters (lactones) is 2. The second-order valence-electron chi connectivity index (χ2n) is 5.91. The molecule has 7 heteroatoms. The van der Waals surface area contributed by atoms with E-state index in [0.717, 1.165) is 6.07 Å². The molecule has 0 aromatic heterocycles. The number of amides is 1. The smallest absolute Gasteiger partial charge is 0.412 e. The third kappa shape index (κ3) is 3.81. The summed E-state index contributed by atoms with van der Waals surface area (Å²) in [5.74, 6) is -3.13. The summed E-state index contributed by atoms with van der Waals surface area (Å²) in [5, 5.41) is 2.45. The summed E-state index contributed by atoms with van der Waals surface area (Å²) in [5.41, 5.74) is -0.406. The predicted molar refractivity (Wildman–Crippen MR) is 74.7 cm³/mol. The standard InChI is InChI=1S/C15H16FNO5/c1-15(2,3)22-14(20)17-8-4-5-11(16)9(6-8)10-7-12(18)21-13(10)19/h4-6,10H,7H2,1-3H3,(H,17,20). The van der Waals surface area contributed by atoms with E-state index in [-0.39, 0.29) is 17.7 Å². The number of esters is 2. The van der Waals surface area contributed by atoms with Crippen molar-refractivity contribution in [2.45, 2.75) is 38.7 Å². The summed E-state index contributed by atoms with van der Waals surface area (Å²) < 4.78 is 23.4. The van der Waals surface area contributed by atoms with E-state index in [0.29, 0.717) is 0 Å². The zero-order valence-electron chi connectivity index (χ0n) is 12.4. The van der Waals surface area contributed by atoms with E-state index in [4.69, 9.17) is 4.74 Å². The van der Waals surface area contributed by atoms with Gasteiger partial charge in [-0.1, -0.05) is 0 Å². The van der Waals surface area contributed by atoms with Crippen LogP contribution in [0.3, 0.4) is 0 Å². The second kappa shape index (κ2) is 5.75. The highest BCUT2D eigenvalue weighted by molar-refractivity contribution is 5.98. The Morgan fingerprint density at radius 2 is 2.05 bits per heavy atom. The first-order valence-corrected chi connectivity index (χ1v) is 6.70. The number of benzene rings is 1. The van der Waals surface area contributed by atoms with Gasteiger partial charge >= 0.3 is 18.0 Å². The maximum Gasteiger partial charge on any atom is 0.412 e. The summed E-state index contributed by atoms with van der Waals surface area (Å²) in [4.78, 5) is 34.3. The molecule has 1 aromatic carbocycles. The number of nitrogens with one attached hydrogen (secondary N) is 1. The molecular formula is C15H16FNO5. The fourth-order valence-corrected chi connectivity index (χ4v) is 2.02. The number of carbonyl (C=O) groups is 3. The van der Waals surface area contributed by atoms with Gasteiger partial charge in [-0.2, -0.15) is 0 Å². The van der Waals surface area contributed by atoms with Crippen molar-refractivity contribution in [3.05, 3.63) is 29.6 Å². The number of anilines is 1. The minimum Gasteiger partial charge on any atom is -0.444 e. The molecule has 6 nitrogen and oxygen atoms in total. The van der Waals surface area contributed by atoms with Gasteiger partial charge in [-0.25, -0.2) is 9.18 Å². The van der Waals surface area contributed by atoms with E-state index in [1.807, 2.05) is 0 Å². The van der Waals surface area contributed by atoms with Crippen LogP contribution in [0, 0.1) is 5.82 Å². The maximum absolute atomic E-state index is 13.9. The Hall–Kier alpha value is -2.44. The molecule has 1 fully saturated rings. The van der Waals surface area contributed by atoms with Crippen LogP contribution in [0.1, 0.15) is 38.7 Å². The van der Waals surface area contributed by atoms with Gasteiger partial charge in [0.15, 0.2) is 0 Å². The molecule has 118 valence electrons. The molecule has 1 aliphatic heterocycles. The predicted octanol–water partition coefficient (Wildman–Crippen LogP) is 2.73. The summed E-state index contributed by atoms with van der Waals surface area (Å²) in [7, 11) is 0. The SMILES string of the molecule is CC(C)(C)OC(=O)Nc1ccc(F)c(C2CC(=O)OC2=O)c1. The molecule has 1 heterocycles. The molecule has 1 aliphatic rings. The van der Waals surface area contributed by atoms with Crippen molar-refractivity contribution in [3.8, 4) is 0 Å². The minimum atomic E-state index is -0.993. The molecule has 0 spiro atoms. The first-order valence-electron chi connectivity index (χ1n) is 6.70. The number of hydrogen-bond acceptors (Lipinski definition) is 5. The lowest BCUT2D eigenvalue weighted by molar-refractivity contribution is -0.152. The van der Waals surface area contributed by atoms with Gasteiger partial charge in [0.2, 0.25) is 0 Å². The Balaban J connectivity index is 2.19. The maximum atomic E-state index is 13.9. The van der Waals surface area contributed by atoms with Crippen LogP contribution in [-0.4, -0.2) is 23.6 Å². The highest BCUT2D eigenvalue weighted by Gasteiger charge is 2.36. The van der Waals surface area contributed by atoms with E-state index >= 15 is 0 Å². The van der Waals surface area contributed by atoms with Gasteiger partial charge in [-0.15, -0.1) is 0 Å². The number of rotatable bonds is 2. The monoisotopic (exact) mass is 309 g/mol. The van der Waals surface area contributed by atoms with Gasteiger partial charge in [-0.3, -0.25) is 14.9 Å². The highest BCUT2D eigenvalue weighted by Crippen LogP contribution is 2.31. The zero-order valence-corrected chi connectivity index (χ0v) is 12.4. The fraction of sp³-hybridized carbons (Fsp3) is 0.400. The molecule has 0 aliphatic carbocycles. The van der Waals surface area contributed by atoms with Crippen LogP contribution in [0.2, 0.25) is 0 Å². The van der Waals surface area contributed by atoms with E-state index in [2.05, 4.69) is 10.1 Å². The molecule has 1 aromatic rings. The molecule has 0 radical (unpaired) electrons. The second-order valence-corrected chi connectivity index (χ2v) is 5.91. The lowest BCUT2D eigenvalue weighted by Gasteiger charge is -2.20. The lowest BCUT2D eigenvalue weighted by atomic mass is 9.96. The summed E-state index contributed by atoms with van der Waals surface area (Å²) in [6.07, 6.45) is -0.916. The largest absolute Gasteiger partial charge is 0.444 e. The van der Waals surface area contributed by atoms with Crippen LogP contribution in [0.15, 0.2) is 18.2 Å². The quantitative estimate of drug-likeness (QED) is 0.671. The molecule has 0 saturated carbocycles. The number of halogens is 1. The summed E-state index contributed by atoms with van der Waals surface area (Å²) in [6, 6.07) is 3.74. The van der Waals surface area contributed by atoms with Crippen molar-refractivity contribution in [1.29, 1.82) is 0 Å². The Morgan fingerprint density at radius 3 is 2.59 bits per heavy atom. The summed E-state index contributed by atoms with van der Waals surface area (Å²) >= 11 is 0. The van der Waals surface area contributed by atoms with Crippen LogP contribution < -0.4 is 5.32 Å². The molecule has 2 rings (SSSR count). The van der Waals surface area contributed by atoms with Crippen molar-refractivity contribution in [2.75, 3.05) is 5.32 Å². The molecule has 1 unspecified atom stereocenters. The van der Waals surface area contributed by atoms with E-state index in [1.54, 1.807) is 20.8 Å². The molecular weight excluding hydrogens is 293 g/mol. The third-order valence-corrected chi connectivity index (χ3v) is 2.89. The number of carbonyl (C=O) groups excluding carboxylic acids is 3. The van der Waals surface area contributed by atoms with E-state index in [9.17, 15) is 18.8 Å². The first-order chi connectivity index (χ1) is 10.2. The van der Waals surface area contributed by atoms with Crippen molar-refractivity contribution in [1.82, 2.24) is 0 Å². The Labute approximate surface area is 126 Å². The molecule has 1 N–H and O–H groups in total. The van der Waals surface area contributed by atoms with Crippen molar-refractivity contribution in [3.63, 3.8) is 0 Å². The van der Waals surface area contributed by atoms with Gasteiger partial charge in [0.25, 0.3) is 0 Å². The molecule has 0 bridgehead atoms. The fourth-order valence-electron chi connectivity index (χ4n) is 2.02. The van der Waals surface area contributed by atoms with Crippen LogP contribution in [0.25, 0.3) is 0 Å². The lowest BCUT2D eigenvalue weighted by Crippen LogP contribution is -2.27. The van der Waals surface area contributed by atoms with Crippen molar-refractivity contribution in [2.24, 2.45) is 0 Å². The topological polar surface area (TPSA) is 81.7 Å².